The van der Waals surface area contributed by atoms with Crippen LogP contribution >= 0.6 is 0 Å². The van der Waals surface area contributed by atoms with E-state index in [0.29, 0.717) is 17.1 Å². The van der Waals surface area contributed by atoms with Crippen LogP contribution < -0.4 is 11.2 Å². The first-order valence-corrected chi connectivity index (χ1v) is 4.59. The normalized spacial score (nSPS) is 10.5. The monoisotopic (exact) mass is 204 g/mol. The van der Waals surface area contributed by atoms with Crippen LogP contribution in [0.3, 0.4) is 0 Å². The van der Waals surface area contributed by atoms with E-state index in [9.17, 15) is 4.79 Å². The largest absolute Gasteiger partial charge is 0.382 e. The third-order valence-corrected chi connectivity index (χ3v) is 2.37. The first-order valence-electron chi connectivity index (χ1n) is 4.59. The maximum Gasteiger partial charge on any atom is 0.191 e. The molecule has 0 aliphatic carbocycles. The van der Waals surface area contributed by atoms with Gasteiger partial charge in [-0.15, -0.1) is 0 Å². The summed E-state index contributed by atoms with van der Waals surface area (Å²) in [6, 6.07) is 1.55. The standard InChI is InChI=1S/C10H12N4O/c1-5-3-8(15)7(4-12-5)9-6(2)10(11)14-13-9/h3-4H,1-2H3,(H,12,15)(H3,11,13,14). The second kappa shape index (κ2) is 3.27. The van der Waals surface area contributed by atoms with Crippen LogP contribution in [0.2, 0.25) is 0 Å². The van der Waals surface area contributed by atoms with E-state index in [1.54, 1.807) is 12.3 Å². The van der Waals surface area contributed by atoms with Gasteiger partial charge in [-0.1, -0.05) is 0 Å². The molecule has 0 radical (unpaired) electrons. The summed E-state index contributed by atoms with van der Waals surface area (Å²) in [4.78, 5) is 14.7. The Hall–Kier alpha value is -2.04. The summed E-state index contributed by atoms with van der Waals surface area (Å²) in [6.45, 7) is 3.66. The highest BCUT2D eigenvalue weighted by atomic mass is 16.1. The van der Waals surface area contributed by atoms with Gasteiger partial charge in [-0.3, -0.25) is 9.89 Å². The molecule has 0 fully saturated rings. The molecule has 2 heterocycles. The minimum absolute atomic E-state index is 0.0435. The van der Waals surface area contributed by atoms with Crippen molar-refractivity contribution >= 4 is 5.82 Å². The molecule has 15 heavy (non-hydrogen) atoms. The number of rotatable bonds is 1. The molecule has 4 N–H and O–H groups in total. The van der Waals surface area contributed by atoms with Crippen LogP contribution in [0.15, 0.2) is 17.1 Å². The van der Waals surface area contributed by atoms with Crippen molar-refractivity contribution in [3.05, 3.63) is 33.7 Å². The van der Waals surface area contributed by atoms with Crippen molar-refractivity contribution in [2.75, 3.05) is 5.73 Å². The Morgan fingerprint density at radius 3 is 2.67 bits per heavy atom. The Labute approximate surface area is 86.3 Å². The predicted molar refractivity (Wildman–Crippen MR) is 58.5 cm³/mol. The zero-order valence-corrected chi connectivity index (χ0v) is 8.59. The highest BCUT2D eigenvalue weighted by molar-refractivity contribution is 5.66. The van der Waals surface area contributed by atoms with E-state index in [1.807, 2.05) is 13.8 Å². The number of pyridine rings is 1. The fourth-order valence-corrected chi connectivity index (χ4v) is 1.44. The molecule has 2 aromatic heterocycles. The molecular formula is C10H12N4O. The van der Waals surface area contributed by atoms with Crippen molar-refractivity contribution in [1.82, 2.24) is 15.2 Å². The van der Waals surface area contributed by atoms with Crippen molar-refractivity contribution in [2.24, 2.45) is 0 Å². The number of nitrogens with one attached hydrogen (secondary N) is 2. The average molecular weight is 204 g/mol. The van der Waals surface area contributed by atoms with Crippen LogP contribution in [0, 0.1) is 13.8 Å². The van der Waals surface area contributed by atoms with Crippen LogP contribution in [-0.4, -0.2) is 15.2 Å². The molecule has 0 aromatic carbocycles. The van der Waals surface area contributed by atoms with E-state index >= 15 is 0 Å². The van der Waals surface area contributed by atoms with Gasteiger partial charge in [-0.25, -0.2) is 0 Å². The van der Waals surface area contributed by atoms with Crippen molar-refractivity contribution in [3.63, 3.8) is 0 Å². The molecule has 2 rings (SSSR count). The molecule has 0 amide bonds. The highest BCUT2D eigenvalue weighted by Crippen LogP contribution is 2.20. The first kappa shape index (κ1) is 9.51. The van der Waals surface area contributed by atoms with E-state index in [1.165, 1.54) is 0 Å². The Balaban J connectivity index is 2.65. The molecule has 0 aliphatic heterocycles. The van der Waals surface area contributed by atoms with Gasteiger partial charge >= 0.3 is 0 Å². The molecule has 0 atom stereocenters. The average Bonchev–Trinajstić information content (AvgIpc) is 2.49. The fraction of sp³-hybridized carbons (Fsp3) is 0.200. The summed E-state index contributed by atoms with van der Waals surface area (Å²) in [5.74, 6) is 0.421. The lowest BCUT2D eigenvalue weighted by Crippen LogP contribution is -2.06. The number of nitrogen functional groups attached to an aromatic ring is 1. The number of nitrogens with two attached hydrogens (primary N) is 1. The second-order valence-corrected chi connectivity index (χ2v) is 3.50. The zero-order chi connectivity index (χ0) is 11.0. The Morgan fingerprint density at radius 1 is 1.40 bits per heavy atom. The lowest BCUT2D eigenvalue weighted by molar-refractivity contribution is 1.09. The predicted octanol–water partition coefficient (Wildman–Crippen LogP) is 0.964. The van der Waals surface area contributed by atoms with E-state index in [4.69, 9.17) is 5.73 Å². The molecule has 0 saturated carbocycles. The Morgan fingerprint density at radius 2 is 2.13 bits per heavy atom. The quantitative estimate of drug-likeness (QED) is 0.646. The van der Waals surface area contributed by atoms with Gasteiger partial charge < -0.3 is 10.7 Å². The molecule has 78 valence electrons. The maximum atomic E-state index is 11.7. The summed E-state index contributed by atoms with van der Waals surface area (Å²) in [7, 11) is 0. The number of aromatic nitrogens is 3. The van der Waals surface area contributed by atoms with Gasteiger partial charge in [0.05, 0.1) is 11.3 Å². The molecule has 0 aliphatic rings. The van der Waals surface area contributed by atoms with Crippen LogP contribution in [0.5, 0.6) is 0 Å². The lowest BCUT2D eigenvalue weighted by atomic mass is 10.1. The minimum atomic E-state index is -0.0435. The molecule has 5 heteroatoms. The van der Waals surface area contributed by atoms with Gasteiger partial charge in [0.15, 0.2) is 5.43 Å². The number of hydrogen-bond acceptors (Lipinski definition) is 3. The Kier molecular flexibility index (Phi) is 2.07. The molecule has 2 aromatic rings. The highest BCUT2D eigenvalue weighted by Gasteiger charge is 2.11. The van der Waals surface area contributed by atoms with Crippen LogP contribution in [-0.2, 0) is 0 Å². The third-order valence-electron chi connectivity index (χ3n) is 2.37. The first-order chi connectivity index (χ1) is 7.09. The van der Waals surface area contributed by atoms with Crippen molar-refractivity contribution in [2.45, 2.75) is 13.8 Å². The number of anilines is 1. The van der Waals surface area contributed by atoms with Gasteiger partial charge in [0, 0.05) is 23.5 Å². The molecular weight excluding hydrogens is 192 g/mol. The van der Waals surface area contributed by atoms with E-state index in [-0.39, 0.29) is 5.43 Å². The number of aryl methyl sites for hydroxylation is 1. The lowest BCUT2D eigenvalue weighted by Gasteiger charge is -1.99. The van der Waals surface area contributed by atoms with Gasteiger partial charge in [0.25, 0.3) is 0 Å². The summed E-state index contributed by atoms with van der Waals surface area (Å²) in [6.07, 6.45) is 1.66. The van der Waals surface area contributed by atoms with E-state index in [0.717, 1.165) is 11.3 Å². The van der Waals surface area contributed by atoms with Crippen LogP contribution in [0.25, 0.3) is 11.3 Å². The molecule has 0 bridgehead atoms. The zero-order valence-electron chi connectivity index (χ0n) is 8.59. The van der Waals surface area contributed by atoms with Gasteiger partial charge in [0.2, 0.25) is 0 Å². The summed E-state index contributed by atoms with van der Waals surface area (Å²) < 4.78 is 0. The topological polar surface area (TPSA) is 87.6 Å². The van der Waals surface area contributed by atoms with Gasteiger partial charge in [-0.2, -0.15) is 5.10 Å². The van der Waals surface area contributed by atoms with Gasteiger partial charge in [-0.05, 0) is 13.8 Å². The summed E-state index contributed by atoms with van der Waals surface area (Å²) in [5.41, 5.74) is 8.42. The summed E-state index contributed by atoms with van der Waals surface area (Å²) in [5, 5.41) is 6.61. The molecule has 0 spiro atoms. The van der Waals surface area contributed by atoms with Crippen molar-refractivity contribution in [3.8, 4) is 11.3 Å². The number of hydrogen-bond donors (Lipinski definition) is 3. The SMILES string of the molecule is Cc1cc(=O)c(-c2[nH]nc(N)c2C)c[nH]1. The maximum absolute atomic E-state index is 11.7. The number of nitrogens with zero attached hydrogens (tertiary/aromatic N) is 1. The third kappa shape index (κ3) is 1.52. The van der Waals surface area contributed by atoms with E-state index in [2.05, 4.69) is 15.2 Å². The van der Waals surface area contributed by atoms with Crippen molar-refractivity contribution < 1.29 is 0 Å². The van der Waals surface area contributed by atoms with E-state index < -0.39 is 0 Å². The smallest absolute Gasteiger partial charge is 0.191 e. The number of aromatic amines is 2. The second-order valence-electron chi connectivity index (χ2n) is 3.50. The molecule has 0 unspecified atom stereocenters. The number of H-pyrrole nitrogens is 2. The van der Waals surface area contributed by atoms with Gasteiger partial charge in [0.1, 0.15) is 5.82 Å². The minimum Gasteiger partial charge on any atom is -0.382 e. The molecule has 0 saturated heterocycles. The fourth-order valence-electron chi connectivity index (χ4n) is 1.44. The van der Waals surface area contributed by atoms with Crippen molar-refractivity contribution in [1.29, 1.82) is 0 Å². The molecule has 5 nitrogen and oxygen atoms in total. The van der Waals surface area contributed by atoms with Crippen LogP contribution in [0.1, 0.15) is 11.3 Å². The summed E-state index contributed by atoms with van der Waals surface area (Å²) >= 11 is 0. The Bertz CT molecular complexity index is 553. The van der Waals surface area contributed by atoms with Crippen LogP contribution in [0.4, 0.5) is 5.82 Å².